The fourth-order valence-electron chi connectivity index (χ4n) is 1.29. The Kier molecular flexibility index (Phi) is 6.00. The van der Waals surface area contributed by atoms with Gasteiger partial charge in [0.25, 0.3) is 0 Å². The van der Waals surface area contributed by atoms with Gasteiger partial charge in [-0.15, -0.1) is 0 Å². The van der Waals surface area contributed by atoms with E-state index in [4.69, 9.17) is 4.74 Å². The fraction of sp³-hybridized carbons (Fsp3) is 0.500. The van der Waals surface area contributed by atoms with Gasteiger partial charge in [0.15, 0.2) is 0 Å². The number of rotatable bonds is 8. The van der Waals surface area contributed by atoms with Gasteiger partial charge in [-0.2, -0.15) is 0 Å². The topological polar surface area (TPSA) is 55.4 Å². The van der Waals surface area contributed by atoms with Crippen LogP contribution in [-0.2, 0) is 9.84 Å². The van der Waals surface area contributed by atoms with E-state index in [0.29, 0.717) is 13.2 Å². The molecule has 4 nitrogen and oxygen atoms in total. The third-order valence-electron chi connectivity index (χ3n) is 2.16. The van der Waals surface area contributed by atoms with Crippen molar-refractivity contribution in [3.63, 3.8) is 0 Å². The summed E-state index contributed by atoms with van der Waals surface area (Å²) in [6.07, 6.45) is 2.10. The zero-order chi connectivity index (χ0) is 12.6. The van der Waals surface area contributed by atoms with Crippen molar-refractivity contribution in [3.05, 3.63) is 30.3 Å². The Labute approximate surface area is 103 Å². The summed E-state index contributed by atoms with van der Waals surface area (Å²) >= 11 is 0. The van der Waals surface area contributed by atoms with Crippen LogP contribution in [0.4, 0.5) is 0 Å². The number of para-hydroxylation sites is 1. The van der Waals surface area contributed by atoms with Crippen molar-refractivity contribution in [1.29, 1.82) is 0 Å². The van der Waals surface area contributed by atoms with E-state index < -0.39 is 9.84 Å². The Bertz CT molecular complexity index is 403. The van der Waals surface area contributed by atoms with Crippen LogP contribution in [0.1, 0.15) is 6.42 Å². The Morgan fingerprint density at radius 3 is 2.53 bits per heavy atom. The van der Waals surface area contributed by atoms with Crippen molar-refractivity contribution in [3.8, 4) is 5.75 Å². The molecular formula is C12H19NO3S. The molecule has 0 amide bonds. The molecule has 96 valence electrons. The van der Waals surface area contributed by atoms with Crippen molar-refractivity contribution in [2.24, 2.45) is 0 Å². The van der Waals surface area contributed by atoms with Crippen LogP contribution >= 0.6 is 0 Å². The standard InChI is InChI=1S/C12H19NO3S/c1-17(14,15)11-9-13-8-5-10-16-12-6-3-2-4-7-12/h2-4,6-7,13H,5,8-11H2,1H3. The van der Waals surface area contributed by atoms with Crippen molar-refractivity contribution < 1.29 is 13.2 Å². The molecule has 0 heterocycles. The smallest absolute Gasteiger partial charge is 0.148 e. The van der Waals surface area contributed by atoms with Crippen LogP contribution in [0.2, 0.25) is 0 Å². The molecule has 0 aliphatic carbocycles. The van der Waals surface area contributed by atoms with E-state index in [1.165, 1.54) is 6.26 Å². The van der Waals surface area contributed by atoms with Gasteiger partial charge in [0.05, 0.1) is 12.4 Å². The second-order valence-corrected chi connectivity index (χ2v) is 6.15. The lowest BCUT2D eigenvalue weighted by atomic mass is 10.3. The summed E-state index contributed by atoms with van der Waals surface area (Å²) < 4.78 is 27.2. The van der Waals surface area contributed by atoms with Crippen LogP contribution in [0.5, 0.6) is 5.75 Å². The molecule has 0 fully saturated rings. The lowest BCUT2D eigenvalue weighted by Crippen LogP contribution is -2.24. The number of sulfone groups is 1. The summed E-state index contributed by atoms with van der Waals surface area (Å²) in [4.78, 5) is 0. The van der Waals surface area contributed by atoms with Crippen molar-refractivity contribution >= 4 is 9.84 Å². The highest BCUT2D eigenvalue weighted by atomic mass is 32.2. The van der Waals surface area contributed by atoms with Gasteiger partial charge >= 0.3 is 0 Å². The van der Waals surface area contributed by atoms with E-state index in [1.54, 1.807) is 0 Å². The normalized spacial score (nSPS) is 11.4. The van der Waals surface area contributed by atoms with Crippen molar-refractivity contribution in [1.82, 2.24) is 5.32 Å². The molecule has 0 aromatic heterocycles. The van der Waals surface area contributed by atoms with E-state index >= 15 is 0 Å². The zero-order valence-electron chi connectivity index (χ0n) is 10.1. The van der Waals surface area contributed by atoms with Gasteiger partial charge in [-0.1, -0.05) is 18.2 Å². The van der Waals surface area contributed by atoms with Crippen LogP contribution in [0, 0.1) is 0 Å². The molecule has 0 atom stereocenters. The molecule has 5 heteroatoms. The van der Waals surface area contributed by atoms with Crippen molar-refractivity contribution in [2.75, 3.05) is 31.7 Å². The Morgan fingerprint density at radius 2 is 1.88 bits per heavy atom. The highest BCUT2D eigenvalue weighted by molar-refractivity contribution is 7.90. The Balaban J connectivity index is 1.99. The molecule has 0 aliphatic rings. The van der Waals surface area contributed by atoms with Gasteiger partial charge in [-0.3, -0.25) is 0 Å². The molecule has 0 unspecified atom stereocenters. The summed E-state index contributed by atoms with van der Waals surface area (Å²) in [5.74, 6) is 1.05. The first-order chi connectivity index (χ1) is 8.08. The molecule has 0 saturated heterocycles. The summed E-state index contributed by atoms with van der Waals surface area (Å²) in [6.45, 7) is 1.91. The van der Waals surface area contributed by atoms with Crippen LogP contribution < -0.4 is 10.1 Å². The minimum Gasteiger partial charge on any atom is -0.494 e. The number of ether oxygens (including phenoxy) is 1. The van der Waals surface area contributed by atoms with E-state index in [-0.39, 0.29) is 5.75 Å². The SMILES string of the molecule is CS(=O)(=O)CCNCCCOc1ccccc1. The van der Waals surface area contributed by atoms with Gasteiger partial charge in [-0.25, -0.2) is 8.42 Å². The molecular weight excluding hydrogens is 238 g/mol. The van der Waals surface area contributed by atoms with Crippen LogP contribution in [0.3, 0.4) is 0 Å². The largest absolute Gasteiger partial charge is 0.494 e. The predicted molar refractivity (Wildman–Crippen MR) is 69.1 cm³/mol. The lowest BCUT2D eigenvalue weighted by molar-refractivity contribution is 0.309. The van der Waals surface area contributed by atoms with Gasteiger partial charge in [0.1, 0.15) is 15.6 Å². The van der Waals surface area contributed by atoms with Crippen LogP contribution in [0.25, 0.3) is 0 Å². The molecule has 17 heavy (non-hydrogen) atoms. The molecule has 0 aliphatic heterocycles. The number of nitrogens with one attached hydrogen (secondary N) is 1. The zero-order valence-corrected chi connectivity index (χ0v) is 10.9. The first-order valence-electron chi connectivity index (χ1n) is 5.64. The van der Waals surface area contributed by atoms with Crippen molar-refractivity contribution in [2.45, 2.75) is 6.42 Å². The van der Waals surface area contributed by atoms with Crippen LogP contribution in [0.15, 0.2) is 30.3 Å². The molecule has 0 radical (unpaired) electrons. The maximum absolute atomic E-state index is 10.8. The first kappa shape index (κ1) is 14.0. The summed E-state index contributed by atoms with van der Waals surface area (Å²) in [5.41, 5.74) is 0. The highest BCUT2D eigenvalue weighted by Crippen LogP contribution is 2.07. The van der Waals surface area contributed by atoms with Gasteiger partial charge in [0, 0.05) is 12.8 Å². The highest BCUT2D eigenvalue weighted by Gasteiger charge is 2.00. The molecule has 1 aromatic rings. The molecule has 1 aromatic carbocycles. The predicted octanol–water partition coefficient (Wildman–Crippen LogP) is 1.09. The monoisotopic (exact) mass is 257 g/mol. The molecule has 1 N–H and O–H groups in total. The van der Waals surface area contributed by atoms with E-state index in [0.717, 1.165) is 18.7 Å². The molecule has 0 spiro atoms. The summed E-state index contributed by atoms with van der Waals surface area (Å²) in [6, 6.07) is 9.63. The molecule has 1 rings (SSSR count). The second-order valence-electron chi connectivity index (χ2n) is 3.89. The Hall–Kier alpha value is -1.07. The minimum atomic E-state index is -2.85. The van der Waals surface area contributed by atoms with Gasteiger partial charge in [0.2, 0.25) is 0 Å². The fourth-order valence-corrected chi connectivity index (χ4v) is 1.80. The quantitative estimate of drug-likeness (QED) is 0.708. The van der Waals surface area contributed by atoms with E-state index in [1.807, 2.05) is 30.3 Å². The number of hydrogen-bond donors (Lipinski definition) is 1. The average molecular weight is 257 g/mol. The minimum absolute atomic E-state index is 0.187. The maximum atomic E-state index is 10.8. The number of benzene rings is 1. The molecule has 0 bridgehead atoms. The summed E-state index contributed by atoms with van der Waals surface area (Å²) in [7, 11) is -2.85. The van der Waals surface area contributed by atoms with Gasteiger partial charge in [-0.05, 0) is 25.1 Å². The maximum Gasteiger partial charge on any atom is 0.148 e. The van der Waals surface area contributed by atoms with E-state index in [2.05, 4.69) is 5.32 Å². The molecule has 0 saturated carbocycles. The third-order valence-corrected chi connectivity index (χ3v) is 3.11. The third kappa shape index (κ3) is 7.76. The second kappa shape index (κ2) is 7.29. The lowest BCUT2D eigenvalue weighted by Gasteiger charge is -2.06. The first-order valence-corrected chi connectivity index (χ1v) is 7.70. The average Bonchev–Trinajstić information content (AvgIpc) is 2.28. The van der Waals surface area contributed by atoms with E-state index in [9.17, 15) is 8.42 Å². The summed E-state index contributed by atoms with van der Waals surface area (Å²) in [5, 5.41) is 3.07. The number of hydrogen-bond acceptors (Lipinski definition) is 4. The van der Waals surface area contributed by atoms with Gasteiger partial charge < -0.3 is 10.1 Å². The Morgan fingerprint density at radius 1 is 1.18 bits per heavy atom. The van der Waals surface area contributed by atoms with Crippen LogP contribution in [-0.4, -0.2) is 40.1 Å².